The largest absolute Gasteiger partial charge is 0.396 e. The molecular formula is C20H25FN6O. The fourth-order valence-electron chi connectivity index (χ4n) is 3.87. The Morgan fingerprint density at radius 1 is 1.21 bits per heavy atom. The van der Waals surface area contributed by atoms with E-state index in [-0.39, 0.29) is 25.0 Å². The summed E-state index contributed by atoms with van der Waals surface area (Å²) in [6.07, 6.45) is 4.65. The van der Waals surface area contributed by atoms with Crippen molar-refractivity contribution >= 4 is 17.0 Å². The van der Waals surface area contributed by atoms with E-state index in [1.54, 1.807) is 16.8 Å². The number of rotatable bonds is 6. The summed E-state index contributed by atoms with van der Waals surface area (Å²) in [5, 5.41) is 18.1. The van der Waals surface area contributed by atoms with E-state index in [0.717, 1.165) is 31.6 Å². The van der Waals surface area contributed by atoms with Crippen LogP contribution in [-0.2, 0) is 13.0 Å². The highest BCUT2D eigenvalue weighted by Gasteiger charge is 2.27. The molecule has 1 aliphatic rings. The number of aromatic nitrogens is 5. The SMILES string of the molecule is CCc1nc(N2CCCCC2CCO)c2nnn(Cc3ccccc3F)c2n1. The topological polar surface area (TPSA) is 80.0 Å². The van der Waals surface area contributed by atoms with Crippen molar-refractivity contribution in [3.8, 4) is 0 Å². The van der Waals surface area contributed by atoms with Crippen molar-refractivity contribution in [2.75, 3.05) is 18.1 Å². The van der Waals surface area contributed by atoms with Crippen molar-refractivity contribution in [2.45, 2.75) is 51.6 Å². The average Bonchev–Trinajstić information content (AvgIpc) is 3.12. The van der Waals surface area contributed by atoms with Gasteiger partial charge in [0.15, 0.2) is 17.0 Å². The molecule has 3 aromatic rings. The van der Waals surface area contributed by atoms with Crippen LogP contribution >= 0.6 is 0 Å². The smallest absolute Gasteiger partial charge is 0.184 e. The van der Waals surface area contributed by atoms with Gasteiger partial charge in [-0.25, -0.2) is 19.0 Å². The second kappa shape index (κ2) is 8.18. The molecule has 0 bridgehead atoms. The number of halogens is 1. The molecule has 1 unspecified atom stereocenters. The quantitative estimate of drug-likeness (QED) is 0.704. The van der Waals surface area contributed by atoms with E-state index < -0.39 is 0 Å². The fraction of sp³-hybridized carbons (Fsp3) is 0.500. The number of aliphatic hydroxyl groups excluding tert-OH is 1. The molecule has 0 spiro atoms. The number of piperidine rings is 1. The van der Waals surface area contributed by atoms with Gasteiger partial charge in [0.1, 0.15) is 11.6 Å². The van der Waals surface area contributed by atoms with Gasteiger partial charge in [-0.1, -0.05) is 30.3 Å². The summed E-state index contributed by atoms with van der Waals surface area (Å²) in [6.45, 7) is 3.30. The molecule has 148 valence electrons. The first-order chi connectivity index (χ1) is 13.7. The van der Waals surface area contributed by atoms with Gasteiger partial charge in [-0.15, -0.1) is 5.10 Å². The van der Waals surface area contributed by atoms with Crippen LogP contribution in [0.1, 0.15) is 44.0 Å². The molecule has 1 N–H and O–H groups in total. The lowest BCUT2D eigenvalue weighted by Crippen LogP contribution is -2.41. The highest BCUT2D eigenvalue weighted by molar-refractivity contribution is 5.83. The summed E-state index contributed by atoms with van der Waals surface area (Å²) in [7, 11) is 0. The maximum atomic E-state index is 14.1. The van der Waals surface area contributed by atoms with Crippen LogP contribution in [0.3, 0.4) is 0 Å². The molecular weight excluding hydrogens is 359 g/mol. The summed E-state index contributed by atoms with van der Waals surface area (Å²) in [6, 6.07) is 6.90. The first kappa shape index (κ1) is 18.7. The Hall–Kier alpha value is -2.61. The van der Waals surface area contributed by atoms with Gasteiger partial charge < -0.3 is 10.0 Å². The zero-order valence-electron chi connectivity index (χ0n) is 16.1. The van der Waals surface area contributed by atoms with E-state index in [9.17, 15) is 9.50 Å². The Morgan fingerprint density at radius 3 is 2.86 bits per heavy atom. The van der Waals surface area contributed by atoms with Crippen molar-refractivity contribution in [3.63, 3.8) is 0 Å². The highest BCUT2D eigenvalue weighted by Crippen LogP contribution is 2.30. The van der Waals surface area contributed by atoms with Crippen molar-refractivity contribution < 1.29 is 9.50 Å². The second-order valence-corrected chi connectivity index (χ2v) is 7.18. The van der Waals surface area contributed by atoms with Crippen LogP contribution in [0.15, 0.2) is 24.3 Å². The minimum Gasteiger partial charge on any atom is -0.396 e. The minimum absolute atomic E-state index is 0.149. The molecule has 0 radical (unpaired) electrons. The van der Waals surface area contributed by atoms with Gasteiger partial charge in [0.25, 0.3) is 0 Å². The van der Waals surface area contributed by atoms with Crippen LogP contribution in [0.4, 0.5) is 10.2 Å². The van der Waals surface area contributed by atoms with Gasteiger partial charge in [-0.3, -0.25) is 0 Å². The van der Waals surface area contributed by atoms with Crippen molar-refractivity contribution in [2.24, 2.45) is 0 Å². The Balaban J connectivity index is 1.77. The Kier molecular flexibility index (Phi) is 5.47. The summed E-state index contributed by atoms with van der Waals surface area (Å²) in [5.74, 6) is 1.22. The van der Waals surface area contributed by atoms with Crippen LogP contribution in [-0.4, -0.2) is 49.3 Å². The van der Waals surface area contributed by atoms with Crippen LogP contribution in [0, 0.1) is 5.82 Å². The van der Waals surface area contributed by atoms with E-state index in [4.69, 9.17) is 4.98 Å². The Labute approximate surface area is 163 Å². The standard InChI is InChI=1S/C20H25FN6O/c1-2-17-22-19(26-11-6-5-8-15(26)10-12-28)18-20(23-17)27(25-24-18)13-14-7-3-4-9-16(14)21/h3-4,7,9,15,28H,2,5-6,8,10-13H2,1H3. The molecule has 1 aromatic carbocycles. The van der Waals surface area contributed by atoms with E-state index in [2.05, 4.69) is 20.2 Å². The van der Waals surface area contributed by atoms with Gasteiger partial charge >= 0.3 is 0 Å². The van der Waals surface area contributed by atoms with Crippen molar-refractivity contribution in [1.29, 1.82) is 0 Å². The lowest BCUT2D eigenvalue weighted by Gasteiger charge is -2.36. The highest BCUT2D eigenvalue weighted by atomic mass is 19.1. The summed E-state index contributed by atoms with van der Waals surface area (Å²) >= 11 is 0. The third-order valence-corrected chi connectivity index (χ3v) is 5.35. The molecule has 1 saturated heterocycles. The number of aryl methyl sites for hydroxylation is 1. The summed E-state index contributed by atoms with van der Waals surface area (Å²) in [4.78, 5) is 11.6. The molecule has 28 heavy (non-hydrogen) atoms. The number of anilines is 1. The van der Waals surface area contributed by atoms with Gasteiger partial charge in [0.05, 0.1) is 6.54 Å². The van der Waals surface area contributed by atoms with Gasteiger partial charge in [0.2, 0.25) is 0 Å². The molecule has 8 heteroatoms. The first-order valence-corrected chi connectivity index (χ1v) is 9.92. The lowest BCUT2D eigenvalue weighted by molar-refractivity contribution is 0.262. The molecule has 0 saturated carbocycles. The number of aliphatic hydroxyl groups is 1. The van der Waals surface area contributed by atoms with Gasteiger partial charge in [-0.2, -0.15) is 0 Å². The zero-order chi connectivity index (χ0) is 19.5. The molecule has 2 aromatic heterocycles. The minimum atomic E-state index is -0.268. The zero-order valence-corrected chi connectivity index (χ0v) is 16.1. The predicted molar refractivity (Wildman–Crippen MR) is 105 cm³/mol. The molecule has 1 fully saturated rings. The Morgan fingerprint density at radius 2 is 2.07 bits per heavy atom. The summed E-state index contributed by atoms with van der Waals surface area (Å²) < 4.78 is 15.7. The van der Waals surface area contributed by atoms with E-state index in [0.29, 0.717) is 35.4 Å². The molecule has 7 nitrogen and oxygen atoms in total. The molecule has 1 atom stereocenters. The van der Waals surface area contributed by atoms with Crippen LogP contribution in [0.25, 0.3) is 11.2 Å². The number of hydrogen-bond donors (Lipinski definition) is 1. The number of fused-ring (bicyclic) bond motifs is 1. The van der Waals surface area contributed by atoms with Crippen LogP contribution in [0.2, 0.25) is 0 Å². The predicted octanol–water partition coefficient (Wildman–Crippen LogP) is 2.71. The molecule has 3 heterocycles. The van der Waals surface area contributed by atoms with Gasteiger partial charge in [0, 0.05) is 31.2 Å². The third-order valence-electron chi connectivity index (χ3n) is 5.35. The van der Waals surface area contributed by atoms with E-state index in [1.807, 2.05) is 13.0 Å². The molecule has 0 aliphatic carbocycles. The summed E-state index contributed by atoms with van der Waals surface area (Å²) in [5.41, 5.74) is 1.81. The van der Waals surface area contributed by atoms with Crippen molar-refractivity contribution in [3.05, 3.63) is 41.5 Å². The number of benzene rings is 1. The maximum Gasteiger partial charge on any atom is 0.184 e. The van der Waals surface area contributed by atoms with Crippen LogP contribution < -0.4 is 4.90 Å². The number of nitrogens with zero attached hydrogens (tertiary/aromatic N) is 6. The monoisotopic (exact) mass is 384 g/mol. The average molecular weight is 384 g/mol. The van der Waals surface area contributed by atoms with Crippen LogP contribution in [0.5, 0.6) is 0 Å². The maximum absolute atomic E-state index is 14.1. The number of hydrogen-bond acceptors (Lipinski definition) is 6. The Bertz CT molecular complexity index is 957. The van der Waals surface area contributed by atoms with E-state index in [1.165, 1.54) is 6.07 Å². The normalized spacial score (nSPS) is 17.4. The third kappa shape index (κ3) is 3.56. The van der Waals surface area contributed by atoms with E-state index >= 15 is 0 Å². The van der Waals surface area contributed by atoms with Crippen molar-refractivity contribution in [1.82, 2.24) is 25.0 Å². The molecule has 0 amide bonds. The second-order valence-electron chi connectivity index (χ2n) is 7.18. The fourth-order valence-corrected chi connectivity index (χ4v) is 3.87. The molecule has 1 aliphatic heterocycles. The lowest BCUT2D eigenvalue weighted by atomic mass is 9.99. The first-order valence-electron chi connectivity index (χ1n) is 9.92. The van der Waals surface area contributed by atoms with Gasteiger partial charge in [-0.05, 0) is 31.7 Å². The molecule has 4 rings (SSSR count).